The second-order valence-corrected chi connectivity index (χ2v) is 8.69. The van der Waals surface area contributed by atoms with Gasteiger partial charge < -0.3 is 14.2 Å². The van der Waals surface area contributed by atoms with E-state index in [1.54, 1.807) is 24.3 Å². The van der Waals surface area contributed by atoms with Crippen LogP contribution in [0.15, 0.2) is 81.1 Å². The highest BCUT2D eigenvalue weighted by atomic mass is 16.3. The van der Waals surface area contributed by atoms with Crippen molar-refractivity contribution in [1.82, 2.24) is 15.2 Å². The number of benzene rings is 1. The largest absolute Gasteiger partial charge is 0.467 e. The minimum atomic E-state index is -1.19. The highest BCUT2D eigenvalue weighted by Gasteiger charge is 2.53. The molecule has 1 N–H and O–H groups in total. The highest BCUT2D eigenvalue weighted by Crippen LogP contribution is 2.36. The SMILES string of the molecule is CCCCC1(c2ccccc2)NC(=O)N(CC(=O)N2N=C(c3ccco3)CC2c2ccco2)C1=O. The fourth-order valence-electron chi connectivity index (χ4n) is 4.69. The number of nitrogens with zero attached hydrogens (tertiary/aromatic N) is 3. The molecule has 180 valence electrons. The Hall–Kier alpha value is -4.14. The smallest absolute Gasteiger partial charge is 0.325 e. The van der Waals surface area contributed by atoms with E-state index in [0.29, 0.717) is 35.6 Å². The number of carbonyl (C=O) groups is 3. The molecule has 9 nitrogen and oxygen atoms in total. The molecule has 2 atom stereocenters. The lowest BCUT2D eigenvalue weighted by atomic mass is 9.85. The molecular formula is C26H26N4O5. The predicted molar refractivity (Wildman–Crippen MR) is 126 cm³/mol. The zero-order chi connectivity index (χ0) is 24.4. The monoisotopic (exact) mass is 474 g/mol. The van der Waals surface area contributed by atoms with E-state index in [0.717, 1.165) is 17.7 Å². The van der Waals surface area contributed by atoms with Crippen LogP contribution in [0.4, 0.5) is 4.79 Å². The van der Waals surface area contributed by atoms with E-state index < -0.39 is 36.0 Å². The number of furan rings is 2. The van der Waals surface area contributed by atoms with Crippen molar-refractivity contribution in [3.63, 3.8) is 0 Å². The number of nitrogens with one attached hydrogen (secondary N) is 1. The van der Waals surface area contributed by atoms with Gasteiger partial charge in [0, 0.05) is 6.42 Å². The summed E-state index contributed by atoms with van der Waals surface area (Å²) in [4.78, 5) is 41.1. The molecule has 9 heteroatoms. The molecule has 3 aromatic rings. The second kappa shape index (κ2) is 9.25. The van der Waals surface area contributed by atoms with Crippen LogP contribution in [0.25, 0.3) is 0 Å². The lowest BCUT2D eigenvalue weighted by Gasteiger charge is -2.27. The third kappa shape index (κ3) is 4.03. The quantitative estimate of drug-likeness (QED) is 0.493. The summed E-state index contributed by atoms with van der Waals surface area (Å²) in [6, 6.07) is 15.1. The molecule has 35 heavy (non-hydrogen) atoms. The van der Waals surface area contributed by atoms with Gasteiger partial charge in [-0.15, -0.1) is 0 Å². The minimum absolute atomic E-state index is 0.386. The van der Waals surface area contributed by atoms with Crippen LogP contribution < -0.4 is 5.32 Å². The van der Waals surface area contributed by atoms with Crippen molar-refractivity contribution < 1.29 is 23.2 Å². The van der Waals surface area contributed by atoms with Crippen molar-refractivity contribution in [3.8, 4) is 0 Å². The van der Waals surface area contributed by atoms with Gasteiger partial charge in [0.2, 0.25) is 0 Å². The molecule has 1 saturated heterocycles. The van der Waals surface area contributed by atoms with E-state index >= 15 is 0 Å². The Morgan fingerprint density at radius 3 is 2.54 bits per heavy atom. The number of urea groups is 1. The lowest BCUT2D eigenvalue weighted by molar-refractivity contribution is -0.140. The molecule has 0 aliphatic carbocycles. The Morgan fingerprint density at radius 2 is 1.86 bits per heavy atom. The molecule has 0 saturated carbocycles. The number of amides is 4. The molecule has 1 fully saturated rings. The molecule has 0 bridgehead atoms. The maximum absolute atomic E-state index is 13.7. The van der Waals surface area contributed by atoms with E-state index in [4.69, 9.17) is 8.83 Å². The van der Waals surface area contributed by atoms with Gasteiger partial charge >= 0.3 is 6.03 Å². The van der Waals surface area contributed by atoms with Crippen LogP contribution in [0, 0.1) is 0 Å². The van der Waals surface area contributed by atoms with Gasteiger partial charge in [-0.3, -0.25) is 14.5 Å². The normalized spacial score (nSPS) is 22.0. The van der Waals surface area contributed by atoms with Gasteiger partial charge in [0.05, 0.1) is 12.5 Å². The Morgan fingerprint density at radius 1 is 1.09 bits per heavy atom. The van der Waals surface area contributed by atoms with Gasteiger partial charge in [-0.25, -0.2) is 9.80 Å². The molecule has 2 unspecified atom stereocenters. The number of imide groups is 1. The molecule has 5 rings (SSSR count). The molecule has 1 aromatic carbocycles. The number of rotatable bonds is 8. The zero-order valence-electron chi connectivity index (χ0n) is 19.3. The van der Waals surface area contributed by atoms with Gasteiger partial charge in [0.15, 0.2) is 0 Å². The third-order valence-electron chi connectivity index (χ3n) is 6.48. The summed E-state index contributed by atoms with van der Waals surface area (Å²) in [5, 5.41) is 8.65. The summed E-state index contributed by atoms with van der Waals surface area (Å²) < 4.78 is 11.0. The molecule has 2 aliphatic heterocycles. The van der Waals surface area contributed by atoms with E-state index in [-0.39, 0.29) is 0 Å². The molecule has 2 aliphatic rings. The van der Waals surface area contributed by atoms with E-state index in [1.165, 1.54) is 17.5 Å². The Kier molecular flexibility index (Phi) is 5.98. The molecule has 4 heterocycles. The second-order valence-electron chi connectivity index (χ2n) is 8.69. The van der Waals surface area contributed by atoms with Gasteiger partial charge in [0.25, 0.3) is 11.8 Å². The Labute approximate surface area is 202 Å². The van der Waals surface area contributed by atoms with Crippen LogP contribution in [0.5, 0.6) is 0 Å². The number of hydrogen-bond donors (Lipinski definition) is 1. The van der Waals surface area contributed by atoms with Crippen LogP contribution >= 0.6 is 0 Å². The number of hydrogen-bond acceptors (Lipinski definition) is 6. The van der Waals surface area contributed by atoms with Gasteiger partial charge in [-0.05, 0) is 36.2 Å². The fraction of sp³-hybridized carbons (Fsp3) is 0.308. The van der Waals surface area contributed by atoms with E-state index in [2.05, 4.69) is 10.4 Å². The van der Waals surface area contributed by atoms with Crippen molar-refractivity contribution in [2.45, 2.75) is 44.2 Å². The van der Waals surface area contributed by atoms with E-state index in [1.807, 2.05) is 37.3 Å². The van der Waals surface area contributed by atoms with Crippen LogP contribution in [0.3, 0.4) is 0 Å². The summed E-state index contributed by atoms with van der Waals surface area (Å²) in [5.74, 6) is 0.187. The van der Waals surface area contributed by atoms with Crippen molar-refractivity contribution >= 4 is 23.6 Å². The molecule has 4 amide bonds. The number of unbranched alkanes of at least 4 members (excludes halogenated alkanes) is 1. The number of carbonyl (C=O) groups excluding carboxylic acids is 3. The molecular weight excluding hydrogens is 448 g/mol. The minimum Gasteiger partial charge on any atom is -0.467 e. The first-order valence-electron chi connectivity index (χ1n) is 11.7. The standard InChI is InChI=1S/C26H26N4O5/c1-2-3-13-26(18-9-5-4-6-10-18)24(32)29(25(33)27-26)17-23(31)30-20(22-12-8-15-35-22)16-19(28-30)21-11-7-14-34-21/h4-12,14-15,20H,2-3,13,16-17H2,1H3,(H,27,33). The van der Waals surface area contributed by atoms with Crippen molar-refractivity contribution in [1.29, 1.82) is 0 Å². The topological polar surface area (TPSA) is 108 Å². The van der Waals surface area contributed by atoms with Crippen molar-refractivity contribution in [3.05, 3.63) is 84.2 Å². The van der Waals surface area contributed by atoms with Crippen LogP contribution in [0.1, 0.15) is 55.7 Å². The summed E-state index contributed by atoms with van der Waals surface area (Å²) in [5.41, 5.74) is 0.0980. The van der Waals surface area contributed by atoms with E-state index in [9.17, 15) is 14.4 Å². The van der Waals surface area contributed by atoms with Crippen LogP contribution in [-0.4, -0.2) is 40.0 Å². The number of hydrazone groups is 1. The first-order chi connectivity index (χ1) is 17.0. The Bertz CT molecular complexity index is 1240. The summed E-state index contributed by atoms with van der Waals surface area (Å²) in [6.45, 7) is 1.59. The maximum atomic E-state index is 13.7. The predicted octanol–water partition coefficient (Wildman–Crippen LogP) is 4.19. The average molecular weight is 475 g/mol. The van der Waals surface area contributed by atoms with Crippen LogP contribution in [0.2, 0.25) is 0 Å². The van der Waals surface area contributed by atoms with Gasteiger partial charge in [-0.2, -0.15) is 5.10 Å². The first kappa shape index (κ1) is 22.6. The van der Waals surface area contributed by atoms with Gasteiger partial charge in [0.1, 0.15) is 35.4 Å². The molecule has 2 aromatic heterocycles. The highest BCUT2D eigenvalue weighted by molar-refractivity contribution is 6.09. The third-order valence-corrected chi connectivity index (χ3v) is 6.48. The van der Waals surface area contributed by atoms with Crippen molar-refractivity contribution in [2.75, 3.05) is 6.54 Å². The Balaban J connectivity index is 1.42. The zero-order valence-corrected chi connectivity index (χ0v) is 19.3. The summed E-state index contributed by atoms with van der Waals surface area (Å²) in [7, 11) is 0. The maximum Gasteiger partial charge on any atom is 0.325 e. The average Bonchev–Trinajstić information content (AvgIpc) is 3.67. The summed E-state index contributed by atoms with van der Waals surface area (Å²) in [6.07, 6.45) is 5.50. The van der Waals surface area contributed by atoms with Gasteiger partial charge in [-0.1, -0.05) is 50.1 Å². The summed E-state index contributed by atoms with van der Waals surface area (Å²) >= 11 is 0. The lowest BCUT2D eigenvalue weighted by Crippen LogP contribution is -2.45. The molecule has 0 radical (unpaired) electrons. The fourth-order valence-corrected chi connectivity index (χ4v) is 4.69. The first-order valence-corrected chi connectivity index (χ1v) is 11.7. The van der Waals surface area contributed by atoms with Crippen LogP contribution in [-0.2, 0) is 15.1 Å². The van der Waals surface area contributed by atoms with Crippen molar-refractivity contribution in [2.24, 2.45) is 5.10 Å². The molecule has 0 spiro atoms.